The number of ketones is 1. The molecule has 98 valence electrons. The van der Waals surface area contributed by atoms with E-state index in [-0.39, 0.29) is 23.4 Å². The Morgan fingerprint density at radius 2 is 2.06 bits per heavy atom. The number of rotatable bonds is 0. The molecule has 1 heterocycles. The molecule has 0 bridgehead atoms. The van der Waals surface area contributed by atoms with Crippen LogP contribution in [0.4, 0.5) is 0 Å². The van der Waals surface area contributed by atoms with Gasteiger partial charge in [-0.25, -0.2) is 4.79 Å². The van der Waals surface area contributed by atoms with E-state index in [1.807, 2.05) is 6.92 Å². The molecule has 0 radical (unpaired) electrons. The maximum atomic E-state index is 12.2. The molecule has 3 rings (SSSR count). The van der Waals surface area contributed by atoms with Crippen LogP contribution in [0, 0.1) is 17.3 Å². The third-order valence-electron chi connectivity index (χ3n) is 5.58. The van der Waals surface area contributed by atoms with Crippen molar-refractivity contribution in [2.75, 3.05) is 0 Å². The van der Waals surface area contributed by atoms with E-state index in [0.717, 1.165) is 24.0 Å². The number of ether oxygens (including phenoxy) is 1. The third kappa shape index (κ3) is 1.42. The highest BCUT2D eigenvalue weighted by Crippen LogP contribution is 2.55. The van der Waals surface area contributed by atoms with E-state index >= 15 is 0 Å². The zero-order chi connectivity index (χ0) is 13.1. The first kappa shape index (κ1) is 11.9. The molecule has 0 aromatic carbocycles. The molecule has 2 fully saturated rings. The standard InChI is InChI=1S/C15H20O3/c1-8-4-5-12(16)11-6-13-10(7-15(8,11)3)9(2)14(17)18-13/h8,11,13H,4-7H2,1-3H3/t8-,11+,13-,15+/m1/s1. The molecule has 2 saturated carbocycles. The molecule has 0 aromatic rings. The molecule has 0 spiro atoms. The van der Waals surface area contributed by atoms with Crippen LogP contribution >= 0.6 is 0 Å². The van der Waals surface area contributed by atoms with Crippen LogP contribution in [0.3, 0.4) is 0 Å². The van der Waals surface area contributed by atoms with Gasteiger partial charge in [-0.05, 0) is 43.1 Å². The van der Waals surface area contributed by atoms with Gasteiger partial charge in [0.1, 0.15) is 11.9 Å². The molecule has 0 amide bonds. The maximum Gasteiger partial charge on any atom is 0.334 e. The summed E-state index contributed by atoms with van der Waals surface area (Å²) in [4.78, 5) is 23.8. The second-order valence-electron chi connectivity index (χ2n) is 6.42. The normalized spacial score (nSPS) is 43.6. The molecular weight excluding hydrogens is 228 g/mol. The molecule has 0 unspecified atom stereocenters. The largest absolute Gasteiger partial charge is 0.454 e. The predicted molar refractivity (Wildman–Crippen MR) is 66.8 cm³/mol. The van der Waals surface area contributed by atoms with Crippen molar-refractivity contribution in [1.82, 2.24) is 0 Å². The van der Waals surface area contributed by atoms with Crippen molar-refractivity contribution in [2.45, 2.75) is 52.6 Å². The zero-order valence-corrected chi connectivity index (χ0v) is 11.3. The highest BCUT2D eigenvalue weighted by atomic mass is 16.5. The molecule has 4 atom stereocenters. The smallest absolute Gasteiger partial charge is 0.334 e. The van der Waals surface area contributed by atoms with Crippen molar-refractivity contribution in [3.8, 4) is 0 Å². The van der Waals surface area contributed by atoms with Gasteiger partial charge in [0.15, 0.2) is 0 Å². The topological polar surface area (TPSA) is 43.4 Å². The van der Waals surface area contributed by atoms with Gasteiger partial charge in [-0.3, -0.25) is 4.79 Å². The summed E-state index contributed by atoms with van der Waals surface area (Å²) in [7, 11) is 0. The molecule has 3 aliphatic rings. The molecule has 0 aromatic heterocycles. The summed E-state index contributed by atoms with van der Waals surface area (Å²) in [5.74, 6) is 0.804. The number of carbonyl (C=O) groups excluding carboxylic acids is 2. The Bertz CT molecular complexity index is 462. The fourth-order valence-corrected chi connectivity index (χ4v) is 3.99. The quantitative estimate of drug-likeness (QED) is 0.619. The number of Topliss-reactive ketones (excluding diaryl/α,β-unsaturated/α-hetero) is 1. The van der Waals surface area contributed by atoms with Gasteiger partial charge in [-0.1, -0.05) is 13.8 Å². The van der Waals surface area contributed by atoms with Gasteiger partial charge < -0.3 is 4.74 Å². The van der Waals surface area contributed by atoms with Crippen LogP contribution in [0.1, 0.15) is 46.5 Å². The Kier molecular flexibility index (Phi) is 2.45. The van der Waals surface area contributed by atoms with Gasteiger partial charge in [-0.15, -0.1) is 0 Å². The number of carbonyl (C=O) groups is 2. The predicted octanol–water partition coefficient (Wildman–Crippen LogP) is 2.64. The van der Waals surface area contributed by atoms with E-state index in [1.165, 1.54) is 0 Å². The van der Waals surface area contributed by atoms with Crippen LogP contribution in [0.25, 0.3) is 0 Å². The lowest BCUT2D eigenvalue weighted by Gasteiger charge is -2.50. The minimum atomic E-state index is -0.183. The second kappa shape index (κ2) is 3.69. The molecule has 1 aliphatic heterocycles. The minimum absolute atomic E-state index is 0.0242. The second-order valence-corrected chi connectivity index (χ2v) is 6.42. The SMILES string of the molecule is CC1=C2C[C@@]3(C)[C@H](C)CCC(=O)[C@@H]3C[C@H]2OC1=O. The monoisotopic (exact) mass is 248 g/mol. The maximum absolute atomic E-state index is 12.2. The first-order chi connectivity index (χ1) is 8.43. The van der Waals surface area contributed by atoms with Crippen LogP contribution in [0.2, 0.25) is 0 Å². The number of fused-ring (bicyclic) bond motifs is 2. The summed E-state index contributed by atoms with van der Waals surface area (Å²) in [6.45, 7) is 6.32. The first-order valence-electron chi connectivity index (χ1n) is 6.87. The summed E-state index contributed by atoms with van der Waals surface area (Å²) in [6, 6.07) is 0. The molecule has 0 saturated heterocycles. The molecular formula is C15H20O3. The van der Waals surface area contributed by atoms with Gasteiger partial charge >= 0.3 is 5.97 Å². The van der Waals surface area contributed by atoms with Crippen LogP contribution < -0.4 is 0 Å². The Morgan fingerprint density at radius 3 is 2.78 bits per heavy atom. The molecule has 2 aliphatic carbocycles. The summed E-state index contributed by atoms with van der Waals surface area (Å²) in [5.41, 5.74) is 1.96. The zero-order valence-electron chi connectivity index (χ0n) is 11.3. The highest BCUT2D eigenvalue weighted by Gasteiger charge is 2.53. The van der Waals surface area contributed by atoms with Gasteiger partial charge in [0, 0.05) is 17.9 Å². The molecule has 0 N–H and O–H groups in total. The van der Waals surface area contributed by atoms with Gasteiger partial charge in [0.2, 0.25) is 0 Å². The summed E-state index contributed by atoms with van der Waals surface area (Å²) in [5, 5.41) is 0. The molecule has 3 heteroatoms. The van der Waals surface area contributed by atoms with E-state index in [2.05, 4.69) is 13.8 Å². The van der Waals surface area contributed by atoms with Crippen LogP contribution in [0.15, 0.2) is 11.1 Å². The number of hydrogen-bond donors (Lipinski definition) is 0. The lowest BCUT2D eigenvalue weighted by Crippen LogP contribution is -2.48. The van der Waals surface area contributed by atoms with E-state index < -0.39 is 0 Å². The average Bonchev–Trinajstić information content (AvgIpc) is 2.59. The first-order valence-corrected chi connectivity index (χ1v) is 6.87. The van der Waals surface area contributed by atoms with Crippen molar-refractivity contribution in [2.24, 2.45) is 17.3 Å². The van der Waals surface area contributed by atoms with Crippen molar-refractivity contribution >= 4 is 11.8 Å². The molecule has 18 heavy (non-hydrogen) atoms. The average molecular weight is 248 g/mol. The highest BCUT2D eigenvalue weighted by molar-refractivity contribution is 5.92. The Hall–Kier alpha value is -1.12. The Balaban J connectivity index is 2.00. The van der Waals surface area contributed by atoms with Crippen molar-refractivity contribution in [3.05, 3.63) is 11.1 Å². The van der Waals surface area contributed by atoms with E-state index in [1.54, 1.807) is 0 Å². The van der Waals surface area contributed by atoms with Gasteiger partial charge in [0.05, 0.1) is 0 Å². The van der Waals surface area contributed by atoms with E-state index in [0.29, 0.717) is 24.5 Å². The number of esters is 1. The van der Waals surface area contributed by atoms with Crippen LogP contribution in [-0.2, 0) is 14.3 Å². The van der Waals surface area contributed by atoms with Crippen molar-refractivity contribution in [1.29, 1.82) is 0 Å². The summed E-state index contributed by atoms with van der Waals surface area (Å²) < 4.78 is 5.39. The number of hydrogen-bond acceptors (Lipinski definition) is 3. The Morgan fingerprint density at radius 1 is 1.33 bits per heavy atom. The van der Waals surface area contributed by atoms with E-state index in [9.17, 15) is 9.59 Å². The van der Waals surface area contributed by atoms with Crippen molar-refractivity contribution in [3.63, 3.8) is 0 Å². The fourth-order valence-electron chi connectivity index (χ4n) is 3.99. The summed E-state index contributed by atoms with van der Waals surface area (Å²) >= 11 is 0. The molecule has 3 nitrogen and oxygen atoms in total. The minimum Gasteiger partial charge on any atom is -0.454 e. The van der Waals surface area contributed by atoms with Crippen LogP contribution in [0.5, 0.6) is 0 Å². The fraction of sp³-hybridized carbons (Fsp3) is 0.733. The van der Waals surface area contributed by atoms with Gasteiger partial charge in [-0.2, -0.15) is 0 Å². The van der Waals surface area contributed by atoms with Crippen molar-refractivity contribution < 1.29 is 14.3 Å². The van der Waals surface area contributed by atoms with Gasteiger partial charge in [0.25, 0.3) is 0 Å². The Labute approximate surface area is 108 Å². The van der Waals surface area contributed by atoms with E-state index in [4.69, 9.17) is 4.74 Å². The third-order valence-corrected chi connectivity index (χ3v) is 5.58. The lowest BCUT2D eigenvalue weighted by atomic mass is 9.54. The lowest BCUT2D eigenvalue weighted by molar-refractivity contribution is -0.147. The van der Waals surface area contributed by atoms with Crippen LogP contribution in [-0.4, -0.2) is 17.9 Å². The summed E-state index contributed by atoms with van der Waals surface area (Å²) in [6.07, 6.45) is 3.12.